The second kappa shape index (κ2) is 9.22. The Kier molecular flexibility index (Phi) is 6.22. The zero-order valence-corrected chi connectivity index (χ0v) is 17.9. The Bertz CT molecular complexity index is 1040. The van der Waals surface area contributed by atoms with Crippen molar-refractivity contribution >= 4 is 40.3 Å². The van der Waals surface area contributed by atoms with Crippen LogP contribution in [0.1, 0.15) is 12.5 Å². The van der Waals surface area contributed by atoms with Crippen molar-refractivity contribution in [3.05, 3.63) is 69.1 Å². The number of thioether (sulfide) groups is 1. The number of aliphatic imine (C=N–C) groups is 1. The molecule has 160 valence electrons. The summed E-state index contributed by atoms with van der Waals surface area (Å²) in [6.07, 6.45) is 1.84. The molecule has 0 aromatic heterocycles. The summed E-state index contributed by atoms with van der Waals surface area (Å²) in [5.41, 5.74) is 1.65. The molecule has 0 aliphatic carbocycles. The van der Waals surface area contributed by atoms with Gasteiger partial charge in [-0.05, 0) is 48.5 Å². The second-order valence-electron chi connectivity index (χ2n) is 7.03. The number of amides is 1. The van der Waals surface area contributed by atoms with Gasteiger partial charge in [-0.3, -0.25) is 14.9 Å². The predicted octanol–water partition coefficient (Wildman–Crippen LogP) is 3.79. The topological polar surface area (TPSA) is 88.3 Å². The molecule has 2 aliphatic rings. The van der Waals surface area contributed by atoms with E-state index in [0.29, 0.717) is 48.5 Å². The minimum Gasteiger partial charge on any atom is -0.494 e. The van der Waals surface area contributed by atoms with Gasteiger partial charge in [0.2, 0.25) is 0 Å². The smallest absolute Gasteiger partial charge is 0.292 e. The van der Waals surface area contributed by atoms with E-state index in [-0.39, 0.29) is 16.5 Å². The summed E-state index contributed by atoms with van der Waals surface area (Å²) in [6, 6.07) is 14.4. The quantitative estimate of drug-likeness (QED) is 0.399. The summed E-state index contributed by atoms with van der Waals surface area (Å²) in [5.74, 6) is 0.554. The maximum atomic E-state index is 12.4. The van der Waals surface area contributed by atoms with E-state index in [1.54, 1.807) is 12.1 Å². The fourth-order valence-corrected chi connectivity index (χ4v) is 4.50. The Morgan fingerprint density at radius 3 is 2.45 bits per heavy atom. The number of anilines is 1. The molecule has 1 fully saturated rings. The molecule has 0 atom stereocenters. The Morgan fingerprint density at radius 2 is 1.77 bits per heavy atom. The van der Waals surface area contributed by atoms with Gasteiger partial charge in [0.1, 0.15) is 11.4 Å². The van der Waals surface area contributed by atoms with Crippen LogP contribution in [0.5, 0.6) is 5.75 Å². The van der Waals surface area contributed by atoms with Crippen molar-refractivity contribution in [2.24, 2.45) is 4.99 Å². The highest BCUT2D eigenvalue weighted by Gasteiger charge is 2.30. The van der Waals surface area contributed by atoms with Crippen molar-refractivity contribution in [2.75, 3.05) is 37.7 Å². The fraction of sp³-hybridized carbons (Fsp3) is 0.273. The molecular weight excluding hydrogens is 416 g/mol. The van der Waals surface area contributed by atoms with Crippen molar-refractivity contribution in [3.8, 4) is 5.75 Å². The van der Waals surface area contributed by atoms with Gasteiger partial charge < -0.3 is 14.5 Å². The van der Waals surface area contributed by atoms with Gasteiger partial charge in [0.15, 0.2) is 5.17 Å². The van der Waals surface area contributed by atoms with E-state index in [9.17, 15) is 14.9 Å². The molecule has 9 heteroatoms. The molecule has 4 rings (SSSR count). The molecular formula is C22H22N4O4S. The average molecular weight is 439 g/mol. The van der Waals surface area contributed by atoms with Gasteiger partial charge in [-0.2, -0.15) is 4.99 Å². The highest BCUT2D eigenvalue weighted by atomic mass is 32.2. The number of nitro benzene ring substituents is 1. The minimum absolute atomic E-state index is 0.110. The molecule has 0 spiro atoms. The van der Waals surface area contributed by atoms with Crippen molar-refractivity contribution in [2.45, 2.75) is 6.92 Å². The third-order valence-corrected chi connectivity index (χ3v) is 6.11. The number of rotatable bonds is 5. The first-order chi connectivity index (χ1) is 15.0. The fourth-order valence-electron chi connectivity index (χ4n) is 3.54. The molecule has 2 aliphatic heterocycles. The highest BCUT2D eigenvalue weighted by Crippen LogP contribution is 2.33. The number of hydrogen-bond donors (Lipinski definition) is 0. The van der Waals surface area contributed by atoms with E-state index in [0.717, 1.165) is 11.3 Å². The largest absolute Gasteiger partial charge is 0.494 e. The summed E-state index contributed by atoms with van der Waals surface area (Å²) >= 11 is 1.37. The summed E-state index contributed by atoms with van der Waals surface area (Å²) in [5, 5.41) is 12.0. The van der Waals surface area contributed by atoms with Crippen LogP contribution in [0.25, 0.3) is 6.08 Å². The van der Waals surface area contributed by atoms with E-state index < -0.39 is 0 Å². The highest BCUT2D eigenvalue weighted by molar-refractivity contribution is 8.18. The third kappa shape index (κ3) is 4.72. The monoisotopic (exact) mass is 438 g/mol. The van der Waals surface area contributed by atoms with Crippen LogP contribution in [0.15, 0.2) is 58.4 Å². The normalized spacial score (nSPS) is 17.8. The second-order valence-corrected chi connectivity index (χ2v) is 8.04. The molecule has 2 aromatic rings. The lowest BCUT2D eigenvalue weighted by Crippen LogP contribution is -2.48. The molecule has 0 N–H and O–H groups in total. The SMILES string of the molecule is CCOc1ccc(/C=C2/SC(N3CCN(c4ccccc4[N+](=O)[O-])CC3)=NC2=O)cc1. The number of benzene rings is 2. The van der Waals surface area contributed by atoms with Crippen molar-refractivity contribution in [1.82, 2.24) is 4.90 Å². The van der Waals surface area contributed by atoms with Gasteiger partial charge in [0, 0.05) is 32.2 Å². The predicted molar refractivity (Wildman–Crippen MR) is 123 cm³/mol. The van der Waals surface area contributed by atoms with Crippen LogP contribution in [0, 0.1) is 10.1 Å². The van der Waals surface area contributed by atoms with E-state index in [1.165, 1.54) is 17.8 Å². The number of piperazine rings is 1. The molecule has 31 heavy (non-hydrogen) atoms. The molecule has 0 radical (unpaired) electrons. The van der Waals surface area contributed by atoms with Crippen molar-refractivity contribution in [1.29, 1.82) is 0 Å². The standard InChI is InChI=1S/C22H22N4O4S/c1-2-30-17-9-7-16(8-10-17)15-20-21(27)23-22(31-20)25-13-11-24(12-14-25)18-5-3-4-6-19(18)26(28)29/h3-10,15H,2,11-14H2,1H3/b20-15+. The maximum Gasteiger partial charge on any atom is 0.292 e. The van der Waals surface area contributed by atoms with Crippen LogP contribution in [0.2, 0.25) is 0 Å². The molecule has 2 heterocycles. The number of carbonyl (C=O) groups excluding carboxylic acids is 1. The van der Waals surface area contributed by atoms with Crippen LogP contribution in [-0.2, 0) is 4.79 Å². The van der Waals surface area contributed by atoms with Gasteiger partial charge >= 0.3 is 0 Å². The molecule has 0 bridgehead atoms. The van der Waals surface area contributed by atoms with Crippen LogP contribution >= 0.6 is 11.8 Å². The number of para-hydroxylation sites is 2. The lowest BCUT2D eigenvalue weighted by Gasteiger charge is -2.36. The molecule has 1 saturated heterocycles. The summed E-state index contributed by atoms with van der Waals surface area (Å²) in [4.78, 5) is 32.2. The zero-order valence-electron chi connectivity index (χ0n) is 17.1. The van der Waals surface area contributed by atoms with Gasteiger partial charge in [-0.25, -0.2) is 0 Å². The van der Waals surface area contributed by atoms with E-state index in [2.05, 4.69) is 9.89 Å². The van der Waals surface area contributed by atoms with E-state index in [1.807, 2.05) is 48.2 Å². The third-order valence-electron chi connectivity index (χ3n) is 5.07. The maximum absolute atomic E-state index is 12.4. The Labute approximate surface area is 184 Å². The number of carbonyl (C=O) groups is 1. The summed E-state index contributed by atoms with van der Waals surface area (Å²) in [7, 11) is 0. The first kappa shape index (κ1) is 20.9. The van der Waals surface area contributed by atoms with Crippen LogP contribution in [0.3, 0.4) is 0 Å². The van der Waals surface area contributed by atoms with Crippen molar-refractivity contribution in [3.63, 3.8) is 0 Å². The number of ether oxygens (including phenoxy) is 1. The average Bonchev–Trinajstić information content (AvgIpc) is 3.15. The Hall–Kier alpha value is -3.33. The molecule has 8 nitrogen and oxygen atoms in total. The molecule has 0 saturated carbocycles. The van der Waals surface area contributed by atoms with Gasteiger partial charge in [-0.15, -0.1) is 0 Å². The van der Waals surface area contributed by atoms with Gasteiger partial charge in [-0.1, -0.05) is 24.3 Å². The van der Waals surface area contributed by atoms with Crippen LogP contribution < -0.4 is 9.64 Å². The number of amidine groups is 1. The van der Waals surface area contributed by atoms with Gasteiger partial charge in [0.05, 0.1) is 16.4 Å². The Morgan fingerprint density at radius 1 is 1.10 bits per heavy atom. The van der Waals surface area contributed by atoms with E-state index >= 15 is 0 Å². The van der Waals surface area contributed by atoms with Crippen LogP contribution in [-0.4, -0.2) is 53.7 Å². The van der Waals surface area contributed by atoms with Crippen molar-refractivity contribution < 1.29 is 14.5 Å². The first-order valence-corrected chi connectivity index (χ1v) is 10.9. The van der Waals surface area contributed by atoms with Crippen LogP contribution in [0.4, 0.5) is 11.4 Å². The summed E-state index contributed by atoms with van der Waals surface area (Å²) < 4.78 is 5.45. The van der Waals surface area contributed by atoms with Gasteiger partial charge in [0.25, 0.3) is 11.6 Å². The lowest BCUT2D eigenvalue weighted by molar-refractivity contribution is -0.384. The lowest BCUT2D eigenvalue weighted by atomic mass is 10.2. The number of nitrogens with zero attached hydrogens (tertiary/aromatic N) is 4. The van der Waals surface area contributed by atoms with E-state index in [4.69, 9.17) is 4.74 Å². The Balaban J connectivity index is 1.39. The zero-order chi connectivity index (χ0) is 21.8. The minimum atomic E-state index is -0.352. The molecule has 0 unspecified atom stereocenters. The first-order valence-electron chi connectivity index (χ1n) is 10.0. The molecule has 2 aromatic carbocycles. The molecule has 1 amide bonds. The number of nitro groups is 1. The number of hydrogen-bond acceptors (Lipinski definition) is 7. The summed E-state index contributed by atoms with van der Waals surface area (Å²) in [6.45, 7) is 5.07.